The van der Waals surface area contributed by atoms with Crippen LogP contribution in [0.3, 0.4) is 0 Å². The molecule has 0 aliphatic rings. The van der Waals surface area contributed by atoms with Gasteiger partial charge >= 0.3 is 0 Å². The first-order valence-electron chi connectivity index (χ1n) is 7.98. The number of halogens is 2. The van der Waals surface area contributed by atoms with Gasteiger partial charge < -0.3 is 15.0 Å². The maximum absolute atomic E-state index is 13.0. The van der Waals surface area contributed by atoms with Crippen LogP contribution in [0.4, 0.5) is 16.6 Å². The van der Waals surface area contributed by atoms with Gasteiger partial charge in [0.05, 0.1) is 17.2 Å². The largest absolute Gasteiger partial charge is 0.497 e. The Kier molecular flexibility index (Phi) is 5.89. The third kappa shape index (κ3) is 4.35. The van der Waals surface area contributed by atoms with Crippen LogP contribution >= 0.6 is 34.5 Å². The molecule has 0 aliphatic carbocycles. The number of ketones is 1. The number of ether oxygens (including phenoxy) is 1. The summed E-state index contributed by atoms with van der Waals surface area (Å²) in [6, 6.07) is 12.3. The quantitative estimate of drug-likeness (QED) is 0.532. The van der Waals surface area contributed by atoms with E-state index in [0.717, 1.165) is 11.4 Å². The highest BCUT2D eigenvalue weighted by molar-refractivity contribution is 7.18. The second-order valence-corrected chi connectivity index (χ2v) is 7.69. The lowest BCUT2D eigenvalue weighted by Gasteiger charge is -2.10. The van der Waals surface area contributed by atoms with E-state index in [4.69, 9.17) is 27.9 Å². The zero-order chi connectivity index (χ0) is 19.6. The Balaban J connectivity index is 1.92. The van der Waals surface area contributed by atoms with Crippen molar-refractivity contribution in [2.24, 2.45) is 0 Å². The van der Waals surface area contributed by atoms with E-state index in [9.17, 15) is 4.79 Å². The molecule has 3 aromatic rings. The summed E-state index contributed by atoms with van der Waals surface area (Å²) in [5, 5.41) is 4.59. The van der Waals surface area contributed by atoms with Crippen molar-refractivity contribution >= 4 is 57.0 Å². The van der Waals surface area contributed by atoms with Crippen LogP contribution in [0.1, 0.15) is 15.2 Å². The SMILES string of the molecule is COc1ccc(Nc2nc(N(C)C)c(C(=O)c3ccc(Cl)c(Cl)c3)s2)cc1. The maximum Gasteiger partial charge on any atom is 0.206 e. The molecule has 0 aliphatic heterocycles. The van der Waals surface area contributed by atoms with Gasteiger partial charge in [0.15, 0.2) is 10.9 Å². The molecular formula is C19H17Cl2N3O2S. The number of benzene rings is 2. The Labute approximate surface area is 171 Å². The van der Waals surface area contributed by atoms with Gasteiger partial charge in [0.1, 0.15) is 10.6 Å². The number of thiazole rings is 1. The van der Waals surface area contributed by atoms with Gasteiger partial charge in [-0.25, -0.2) is 4.98 Å². The number of hydrogen-bond acceptors (Lipinski definition) is 6. The van der Waals surface area contributed by atoms with E-state index in [1.165, 1.54) is 11.3 Å². The van der Waals surface area contributed by atoms with Crippen LogP contribution in [0.15, 0.2) is 42.5 Å². The number of carbonyl (C=O) groups is 1. The van der Waals surface area contributed by atoms with Gasteiger partial charge in [-0.1, -0.05) is 34.5 Å². The highest BCUT2D eigenvalue weighted by atomic mass is 35.5. The smallest absolute Gasteiger partial charge is 0.206 e. The summed E-state index contributed by atoms with van der Waals surface area (Å²) in [4.78, 5) is 19.9. The van der Waals surface area contributed by atoms with Gasteiger partial charge in [-0.15, -0.1) is 0 Å². The number of anilines is 3. The molecule has 27 heavy (non-hydrogen) atoms. The normalized spacial score (nSPS) is 10.6. The lowest BCUT2D eigenvalue weighted by atomic mass is 10.1. The number of rotatable bonds is 6. The van der Waals surface area contributed by atoms with E-state index in [1.807, 2.05) is 38.4 Å². The van der Waals surface area contributed by atoms with E-state index in [0.29, 0.717) is 31.4 Å². The molecule has 0 atom stereocenters. The standard InChI is InChI=1S/C19H17Cl2N3O2S/c1-24(2)18-17(16(25)11-4-9-14(20)15(21)10-11)27-19(23-18)22-12-5-7-13(26-3)8-6-12/h4-10H,1-3H3,(H,22,23). The third-order valence-corrected chi connectivity index (χ3v) is 5.46. The molecule has 0 saturated carbocycles. The summed E-state index contributed by atoms with van der Waals surface area (Å²) in [5.41, 5.74) is 1.32. The predicted molar refractivity (Wildman–Crippen MR) is 113 cm³/mol. The first-order valence-corrected chi connectivity index (χ1v) is 9.55. The average molecular weight is 422 g/mol. The van der Waals surface area contributed by atoms with Gasteiger partial charge in [0.2, 0.25) is 5.78 Å². The van der Waals surface area contributed by atoms with Crippen LogP contribution < -0.4 is 15.0 Å². The average Bonchev–Trinajstić information content (AvgIpc) is 3.08. The topological polar surface area (TPSA) is 54.5 Å². The zero-order valence-corrected chi connectivity index (χ0v) is 17.2. The second-order valence-electron chi connectivity index (χ2n) is 5.88. The molecule has 0 amide bonds. The minimum Gasteiger partial charge on any atom is -0.497 e. The van der Waals surface area contributed by atoms with Crippen LogP contribution in [-0.4, -0.2) is 32.0 Å². The van der Waals surface area contributed by atoms with E-state index in [1.54, 1.807) is 30.2 Å². The van der Waals surface area contributed by atoms with E-state index >= 15 is 0 Å². The number of carbonyl (C=O) groups excluding carboxylic acids is 1. The van der Waals surface area contributed by atoms with Crippen molar-refractivity contribution in [3.8, 4) is 5.75 Å². The molecule has 0 fully saturated rings. The number of aromatic nitrogens is 1. The molecule has 3 rings (SSSR count). The lowest BCUT2D eigenvalue weighted by Crippen LogP contribution is -2.13. The molecule has 1 heterocycles. The molecule has 0 unspecified atom stereocenters. The summed E-state index contributed by atoms with van der Waals surface area (Å²) in [6.07, 6.45) is 0. The Morgan fingerprint density at radius 2 is 1.81 bits per heavy atom. The Bertz CT molecular complexity index is 972. The van der Waals surface area contributed by atoms with Crippen LogP contribution in [0.5, 0.6) is 5.75 Å². The second kappa shape index (κ2) is 8.17. The molecule has 0 spiro atoms. The summed E-state index contributed by atoms with van der Waals surface area (Å²) in [5.74, 6) is 1.20. The molecule has 2 aromatic carbocycles. The van der Waals surface area contributed by atoms with E-state index in [-0.39, 0.29) is 5.78 Å². The zero-order valence-electron chi connectivity index (χ0n) is 14.9. The van der Waals surface area contributed by atoms with Gasteiger partial charge in [-0.05, 0) is 42.5 Å². The summed E-state index contributed by atoms with van der Waals surface area (Å²) in [7, 11) is 5.31. The lowest BCUT2D eigenvalue weighted by molar-refractivity contribution is 0.104. The number of nitrogens with zero attached hydrogens (tertiary/aromatic N) is 2. The Morgan fingerprint density at radius 3 is 2.41 bits per heavy atom. The van der Waals surface area contributed by atoms with Crippen molar-refractivity contribution in [3.05, 3.63) is 63.0 Å². The predicted octanol–water partition coefficient (Wildman–Crippen LogP) is 5.50. The first-order chi connectivity index (χ1) is 12.9. The molecule has 1 aromatic heterocycles. The summed E-state index contributed by atoms with van der Waals surface area (Å²) >= 11 is 13.3. The third-order valence-electron chi connectivity index (χ3n) is 3.76. The number of hydrogen-bond donors (Lipinski definition) is 1. The molecule has 8 heteroatoms. The van der Waals surface area contributed by atoms with Crippen LogP contribution in [0.2, 0.25) is 10.0 Å². The fourth-order valence-electron chi connectivity index (χ4n) is 2.38. The molecule has 0 radical (unpaired) electrons. The van der Waals surface area contributed by atoms with Crippen molar-refractivity contribution in [2.75, 3.05) is 31.4 Å². The number of nitrogens with one attached hydrogen (secondary N) is 1. The maximum atomic E-state index is 13.0. The van der Waals surface area contributed by atoms with Crippen molar-refractivity contribution in [2.45, 2.75) is 0 Å². The first kappa shape index (κ1) is 19.5. The van der Waals surface area contributed by atoms with Crippen LogP contribution in [0.25, 0.3) is 0 Å². The Hall–Kier alpha value is -2.28. The monoisotopic (exact) mass is 421 g/mol. The molecule has 140 valence electrons. The fraction of sp³-hybridized carbons (Fsp3) is 0.158. The molecule has 1 N–H and O–H groups in total. The molecule has 5 nitrogen and oxygen atoms in total. The summed E-state index contributed by atoms with van der Waals surface area (Å²) in [6.45, 7) is 0. The molecular weight excluding hydrogens is 405 g/mol. The molecule has 0 bridgehead atoms. The van der Waals surface area contributed by atoms with Gasteiger partial charge in [-0.2, -0.15) is 0 Å². The van der Waals surface area contributed by atoms with Crippen molar-refractivity contribution in [1.82, 2.24) is 4.98 Å². The number of methoxy groups -OCH3 is 1. The van der Waals surface area contributed by atoms with Gasteiger partial charge in [0.25, 0.3) is 0 Å². The van der Waals surface area contributed by atoms with Crippen LogP contribution in [0, 0.1) is 0 Å². The summed E-state index contributed by atoms with van der Waals surface area (Å²) < 4.78 is 5.16. The van der Waals surface area contributed by atoms with Crippen molar-refractivity contribution in [3.63, 3.8) is 0 Å². The highest BCUT2D eigenvalue weighted by Gasteiger charge is 2.22. The van der Waals surface area contributed by atoms with E-state index in [2.05, 4.69) is 10.3 Å². The minimum absolute atomic E-state index is 0.155. The fourth-order valence-corrected chi connectivity index (χ4v) is 3.71. The van der Waals surface area contributed by atoms with E-state index < -0.39 is 0 Å². The molecule has 0 saturated heterocycles. The Morgan fingerprint density at radius 1 is 1.11 bits per heavy atom. The van der Waals surface area contributed by atoms with Gasteiger partial charge in [0, 0.05) is 25.3 Å². The van der Waals surface area contributed by atoms with Crippen molar-refractivity contribution < 1.29 is 9.53 Å². The van der Waals surface area contributed by atoms with Crippen molar-refractivity contribution in [1.29, 1.82) is 0 Å². The van der Waals surface area contributed by atoms with Gasteiger partial charge in [-0.3, -0.25) is 4.79 Å². The highest BCUT2D eigenvalue weighted by Crippen LogP contribution is 2.34. The van der Waals surface area contributed by atoms with Crippen LogP contribution in [-0.2, 0) is 0 Å². The minimum atomic E-state index is -0.155.